The topological polar surface area (TPSA) is 106 Å². The van der Waals surface area contributed by atoms with Crippen LogP contribution in [-0.2, 0) is 21.4 Å². The van der Waals surface area contributed by atoms with Gasteiger partial charge in [0.05, 0.1) is 19.9 Å². The molecule has 0 spiro atoms. The summed E-state index contributed by atoms with van der Waals surface area (Å²) >= 11 is 0. The molecule has 1 saturated heterocycles. The van der Waals surface area contributed by atoms with Gasteiger partial charge >= 0.3 is 0 Å². The van der Waals surface area contributed by atoms with E-state index in [0.29, 0.717) is 5.76 Å². The van der Waals surface area contributed by atoms with E-state index in [2.05, 4.69) is 5.32 Å². The van der Waals surface area contributed by atoms with Crippen LogP contribution in [-0.4, -0.2) is 38.2 Å². The second kappa shape index (κ2) is 8.88. The van der Waals surface area contributed by atoms with Crippen LogP contribution in [0.1, 0.15) is 34.0 Å². The number of carbonyl (C=O) groups excluding carboxylic acids is 2. The van der Waals surface area contributed by atoms with E-state index in [0.717, 1.165) is 9.87 Å². The van der Waals surface area contributed by atoms with Crippen LogP contribution in [0.25, 0.3) is 0 Å². The molecule has 3 aromatic rings. The Morgan fingerprint density at radius 3 is 2.62 bits per heavy atom. The van der Waals surface area contributed by atoms with Gasteiger partial charge in [0.15, 0.2) is 0 Å². The number of sulfonamides is 1. The Balaban J connectivity index is 1.60. The van der Waals surface area contributed by atoms with Gasteiger partial charge < -0.3 is 14.5 Å². The van der Waals surface area contributed by atoms with Gasteiger partial charge in [-0.05, 0) is 35.9 Å². The second-order valence-corrected chi connectivity index (χ2v) is 9.20. The molecular weight excluding hydrogens is 432 g/mol. The Labute approximate surface area is 185 Å². The van der Waals surface area contributed by atoms with Gasteiger partial charge in [-0.1, -0.05) is 30.3 Å². The number of furan rings is 1. The zero-order chi connectivity index (χ0) is 22.7. The first-order valence-electron chi connectivity index (χ1n) is 9.99. The highest BCUT2D eigenvalue weighted by molar-refractivity contribution is 7.89. The minimum atomic E-state index is -4.23. The fraction of sp³-hybridized carbons (Fsp3) is 0.217. The maximum absolute atomic E-state index is 13.4. The molecule has 1 aromatic heterocycles. The number of ether oxygens (including phenoxy) is 1. The molecule has 2 aromatic carbocycles. The SMILES string of the molecule is COc1ccc(C(=O)NCc2ccco2)cc1S(=O)(=O)N1CC(c2ccccc2)CC1=O. The van der Waals surface area contributed by atoms with Gasteiger partial charge in [-0.15, -0.1) is 0 Å². The van der Waals surface area contributed by atoms with Crippen LogP contribution in [0, 0.1) is 0 Å². The quantitative estimate of drug-likeness (QED) is 0.588. The van der Waals surface area contributed by atoms with Crippen LogP contribution < -0.4 is 10.1 Å². The van der Waals surface area contributed by atoms with Crippen molar-refractivity contribution in [3.8, 4) is 5.75 Å². The molecule has 1 N–H and O–H groups in total. The number of rotatable bonds is 7. The summed E-state index contributed by atoms with van der Waals surface area (Å²) in [6.07, 6.45) is 1.59. The molecule has 9 heteroatoms. The molecule has 0 bridgehead atoms. The summed E-state index contributed by atoms with van der Waals surface area (Å²) in [5, 5.41) is 2.68. The Hall–Kier alpha value is -3.59. The zero-order valence-electron chi connectivity index (χ0n) is 17.4. The summed E-state index contributed by atoms with van der Waals surface area (Å²) in [6, 6.07) is 16.8. The van der Waals surface area contributed by atoms with Crippen molar-refractivity contribution in [2.24, 2.45) is 0 Å². The lowest BCUT2D eigenvalue weighted by molar-refractivity contribution is -0.123. The third-order valence-electron chi connectivity index (χ3n) is 5.35. The largest absolute Gasteiger partial charge is 0.495 e. The van der Waals surface area contributed by atoms with Gasteiger partial charge in [-0.2, -0.15) is 0 Å². The molecule has 166 valence electrons. The van der Waals surface area contributed by atoms with Crippen molar-refractivity contribution in [3.05, 3.63) is 83.8 Å². The molecule has 8 nitrogen and oxygen atoms in total. The third-order valence-corrected chi connectivity index (χ3v) is 7.16. The van der Waals surface area contributed by atoms with E-state index in [1.165, 1.54) is 31.6 Å². The van der Waals surface area contributed by atoms with E-state index in [-0.39, 0.29) is 41.6 Å². The van der Waals surface area contributed by atoms with E-state index in [4.69, 9.17) is 9.15 Å². The lowest BCUT2D eigenvalue weighted by atomic mass is 9.99. The number of nitrogens with zero attached hydrogens (tertiary/aromatic N) is 1. The first-order valence-corrected chi connectivity index (χ1v) is 11.4. The highest BCUT2D eigenvalue weighted by Gasteiger charge is 2.40. The van der Waals surface area contributed by atoms with Gasteiger partial charge in [0.2, 0.25) is 5.91 Å². The average Bonchev–Trinajstić information content (AvgIpc) is 3.47. The fourth-order valence-corrected chi connectivity index (χ4v) is 5.32. The van der Waals surface area contributed by atoms with E-state index < -0.39 is 21.8 Å². The number of methoxy groups -OCH3 is 1. The number of nitrogens with one attached hydrogen (secondary N) is 1. The highest BCUT2D eigenvalue weighted by Crippen LogP contribution is 2.35. The van der Waals surface area contributed by atoms with Gasteiger partial charge in [0.25, 0.3) is 15.9 Å². The van der Waals surface area contributed by atoms with Crippen LogP contribution in [0.5, 0.6) is 5.75 Å². The van der Waals surface area contributed by atoms with Crippen LogP contribution >= 0.6 is 0 Å². The smallest absolute Gasteiger partial charge is 0.270 e. The van der Waals surface area contributed by atoms with E-state index in [1.807, 2.05) is 30.3 Å². The van der Waals surface area contributed by atoms with Crippen LogP contribution in [0.4, 0.5) is 0 Å². The minimum Gasteiger partial charge on any atom is -0.495 e. The van der Waals surface area contributed by atoms with Crippen LogP contribution in [0.2, 0.25) is 0 Å². The molecule has 1 atom stereocenters. The zero-order valence-corrected chi connectivity index (χ0v) is 18.2. The summed E-state index contributed by atoms with van der Waals surface area (Å²) in [5.41, 5.74) is 1.03. The number of benzene rings is 2. The Kier molecular flexibility index (Phi) is 6.00. The number of carbonyl (C=O) groups is 2. The van der Waals surface area contributed by atoms with Gasteiger partial charge in [-0.25, -0.2) is 12.7 Å². The Morgan fingerprint density at radius 1 is 1.16 bits per heavy atom. The summed E-state index contributed by atoms with van der Waals surface area (Å²) in [6.45, 7) is 0.187. The average molecular weight is 455 g/mol. The van der Waals surface area contributed by atoms with Crippen molar-refractivity contribution in [2.75, 3.05) is 13.7 Å². The van der Waals surface area contributed by atoms with Crippen LogP contribution in [0.15, 0.2) is 76.2 Å². The molecule has 0 radical (unpaired) electrons. The summed E-state index contributed by atoms with van der Waals surface area (Å²) in [5.74, 6) is -0.578. The number of amides is 2. The van der Waals surface area contributed by atoms with Gasteiger partial charge in [0, 0.05) is 24.4 Å². The summed E-state index contributed by atoms with van der Waals surface area (Å²) < 4.78 is 38.1. The Morgan fingerprint density at radius 2 is 1.94 bits per heavy atom. The minimum absolute atomic E-state index is 0.0310. The molecule has 2 amide bonds. The van der Waals surface area contributed by atoms with Crippen molar-refractivity contribution in [2.45, 2.75) is 23.8 Å². The normalized spacial score (nSPS) is 16.2. The molecule has 1 unspecified atom stereocenters. The van der Waals surface area contributed by atoms with Crippen molar-refractivity contribution in [1.82, 2.24) is 9.62 Å². The molecule has 0 saturated carbocycles. The number of hydrogen-bond donors (Lipinski definition) is 1. The fourth-order valence-electron chi connectivity index (χ4n) is 3.68. The molecule has 1 aliphatic rings. The standard InChI is InChI=1S/C23H22N2O6S/c1-30-20-10-9-17(23(27)24-14-19-8-5-11-31-19)12-21(20)32(28,29)25-15-18(13-22(25)26)16-6-3-2-4-7-16/h2-12,18H,13-15H2,1H3,(H,24,27). The first kappa shape index (κ1) is 21.6. The lowest BCUT2D eigenvalue weighted by Crippen LogP contribution is -2.33. The third kappa shape index (κ3) is 4.24. The first-order chi connectivity index (χ1) is 15.4. The molecule has 0 aliphatic carbocycles. The monoisotopic (exact) mass is 454 g/mol. The summed E-state index contributed by atoms with van der Waals surface area (Å²) in [4.78, 5) is 25.0. The molecule has 1 fully saturated rings. The maximum atomic E-state index is 13.4. The van der Waals surface area contributed by atoms with E-state index in [1.54, 1.807) is 12.1 Å². The maximum Gasteiger partial charge on any atom is 0.270 e. The number of hydrogen-bond acceptors (Lipinski definition) is 6. The molecule has 1 aliphatic heterocycles. The molecule has 32 heavy (non-hydrogen) atoms. The Bertz CT molecular complexity index is 1220. The predicted octanol–water partition coefficient (Wildman–Crippen LogP) is 2.92. The predicted molar refractivity (Wildman–Crippen MR) is 116 cm³/mol. The molecule has 2 heterocycles. The molecule has 4 rings (SSSR count). The van der Waals surface area contributed by atoms with E-state index in [9.17, 15) is 18.0 Å². The second-order valence-electron chi connectivity index (χ2n) is 7.37. The van der Waals surface area contributed by atoms with Crippen molar-refractivity contribution >= 4 is 21.8 Å². The van der Waals surface area contributed by atoms with E-state index >= 15 is 0 Å². The highest BCUT2D eigenvalue weighted by atomic mass is 32.2. The van der Waals surface area contributed by atoms with Crippen molar-refractivity contribution < 1.29 is 27.2 Å². The van der Waals surface area contributed by atoms with Crippen molar-refractivity contribution in [3.63, 3.8) is 0 Å². The summed E-state index contributed by atoms with van der Waals surface area (Å²) in [7, 11) is -2.89. The van der Waals surface area contributed by atoms with Crippen LogP contribution in [0.3, 0.4) is 0 Å². The van der Waals surface area contributed by atoms with Crippen molar-refractivity contribution in [1.29, 1.82) is 0 Å². The van der Waals surface area contributed by atoms with Gasteiger partial charge in [-0.3, -0.25) is 9.59 Å². The molecular formula is C23H22N2O6S. The van der Waals surface area contributed by atoms with Gasteiger partial charge in [0.1, 0.15) is 16.4 Å². The lowest BCUT2D eigenvalue weighted by Gasteiger charge is -2.19.